The van der Waals surface area contributed by atoms with Crippen molar-refractivity contribution in [2.24, 2.45) is 0 Å². The molecule has 0 aliphatic carbocycles. The van der Waals surface area contributed by atoms with E-state index >= 15 is 0 Å². The van der Waals surface area contributed by atoms with Crippen LogP contribution in [0, 0.1) is 0 Å². The van der Waals surface area contributed by atoms with Gasteiger partial charge < -0.3 is 0 Å². The zero-order chi connectivity index (χ0) is 20.1. The van der Waals surface area contributed by atoms with Crippen LogP contribution in [0.5, 0.6) is 0 Å². The van der Waals surface area contributed by atoms with Crippen LogP contribution >= 0.6 is 0 Å². The van der Waals surface area contributed by atoms with E-state index in [-0.39, 0.29) is 11.6 Å². The second kappa shape index (κ2) is 8.49. The van der Waals surface area contributed by atoms with Crippen molar-refractivity contribution in [3.05, 3.63) is 143 Å². The average Bonchev–Trinajstić information content (AvgIpc) is 2.79. The first-order chi connectivity index (χ1) is 14.2. The average molecular weight is 376 g/mol. The van der Waals surface area contributed by atoms with Crippen molar-refractivity contribution in [3.63, 3.8) is 0 Å². The van der Waals surface area contributed by atoms with Gasteiger partial charge in [0, 0.05) is 22.3 Å². The van der Waals surface area contributed by atoms with Crippen LogP contribution in [-0.4, -0.2) is 11.6 Å². The molecule has 0 aromatic heterocycles. The lowest BCUT2D eigenvalue weighted by Gasteiger charge is -2.10. The van der Waals surface area contributed by atoms with Crippen LogP contribution < -0.4 is 0 Å². The van der Waals surface area contributed by atoms with Crippen LogP contribution in [0.2, 0.25) is 0 Å². The minimum atomic E-state index is -0.0809. The molecule has 0 aliphatic heterocycles. The predicted octanol–water partition coefficient (Wildman–Crippen LogP) is 5.74. The van der Waals surface area contributed by atoms with E-state index in [2.05, 4.69) is 0 Å². The number of carbonyl (C=O) groups excluding carboxylic acids is 2. The second-order valence-electron chi connectivity index (χ2n) is 6.97. The summed E-state index contributed by atoms with van der Waals surface area (Å²) in [6, 6.07) is 33.9. The lowest BCUT2D eigenvalue weighted by Crippen LogP contribution is -2.08. The number of rotatable bonds is 6. The van der Waals surface area contributed by atoms with Crippen molar-refractivity contribution >= 4 is 11.6 Å². The highest BCUT2D eigenvalue weighted by atomic mass is 16.1. The predicted molar refractivity (Wildman–Crippen MR) is 115 cm³/mol. The van der Waals surface area contributed by atoms with Crippen LogP contribution in [0.25, 0.3) is 0 Å². The zero-order valence-corrected chi connectivity index (χ0v) is 15.9. The first kappa shape index (κ1) is 18.6. The highest BCUT2D eigenvalue weighted by Crippen LogP contribution is 2.20. The Morgan fingerprint density at radius 1 is 0.448 bits per heavy atom. The SMILES string of the molecule is O=C(c1ccccc1)c1cc(Cc2ccccc2)cc(C(=O)c2ccccc2)c1. The van der Waals surface area contributed by atoms with Crippen molar-refractivity contribution in [1.29, 1.82) is 0 Å². The van der Waals surface area contributed by atoms with Gasteiger partial charge in [0.05, 0.1) is 0 Å². The van der Waals surface area contributed by atoms with Gasteiger partial charge in [0.15, 0.2) is 11.6 Å². The number of hydrogen-bond acceptors (Lipinski definition) is 2. The normalized spacial score (nSPS) is 10.5. The molecule has 0 atom stereocenters. The van der Waals surface area contributed by atoms with E-state index < -0.39 is 0 Å². The molecule has 0 unspecified atom stereocenters. The Hall–Kier alpha value is -3.78. The molecule has 140 valence electrons. The lowest BCUT2D eigenvalue weighted by molar-refractivity contribution is 0.103. The summed E-state index contributed by atoms with van der Waals surface area (Å²) in [6.45, 7) is 0. The molecule has 0 radical (unpaired) electrons. The van der Waals surface area contributed by atoms with Crippen LogP contribution in [0.4, 0.5) is 0 Å². The molecule has 0 saturated heterocycles. The number of ketones is 2. The molecule has 2 nitrogen and oxygen atoms in total. The first-order valence-electron chi connectivity index (χ1n) is 9.58. The minimum absolute atomic E-state index is 0.0809. The third-order valence-electron chi connectivity index (χ3n) is 4.84. The molecule has 29 heavy (non-hydrogen) atoms. The maximum absolute atomic E-state index is 13.1. The Balaban J connectivity index is 1.77. The van der Waals surface area contributed by atoms with Gasteiger partial charge >= 0.3 is 0 Å². The van der Waals surface area contributed by atoms with Crippen molar-refractivity contribution in [3.8, 4) is 0 Å². The van der Waals surface area contributed by atoms with Gasteiger partial charge in [-0.3, -0.25) is 9.59 Å². The van der Waals surface area contributed by atoms with Gasteiger partial charge in [0.25, 0.3) is 0 Å². The Kier molecular flexibility index (Phi) is 5.44. The van der Waals surface area contributed by atoms with Crippen molar-refractivity contribution in [2.45, 2.75) is 6.42 Å². The minimum Gasteiger partial charge on any atom is -0.289 e. The Morgan fingerprint density at radius 2 is 0.862 bits per heavy atom. The van der Waals surface area contributed by atoms with Crippen LogP contribution in [0.1, 0.15) is 43.0 Å². The summed E-state index contributed by atoms with van der Waals surface area (Å²) in [7, 11) is 0. The largest absolute Gasteiger partial charge is 0.289 e. The molecule has 0 aliphatic rings. The van der Waals surface area contributed by atoms with Crippen LogP contribution in [0.3, 0.4) is 0 Å². The molecule has 0 N–H and O–H groups in total. The van der Waals surface area contributed by atoms with E-state index in [9.17, 15) is 9.59 Å². The van der Waals surface area contributed by atoms with Crippen LogP contribution in [-0.2, 0) is 6.42 Å². The van der Waals surface area contributed by atoms with Crippen molar-refractivity contribution in [2.75, 3.05) is 0 Å². The third-order valence-corrected chi connectivity index (χ3v) is 4.84. The van der Waals surface area contributed by atoms with Gasteiger partial charge in [0.2, 0.25) is 0 Å². The topological polar surface area (TPSA) is 34.1 Å². The van der Waals surface area contributed by atoms with Gasteiger partial charge in [-0.1, -0.05) is 91.0 Å². The maximum atomic E-state index is 13.1. The molecule has 0 amide bonds. The summed E-state index contributed by atoms with van der Waals surface area (Å²) < 4.78 is 0. The monoisotopic (exact) mass is 376 g/mol. The van der Waals surface area contributed by atoms with Crippen molar-refractivity contribution < 1.29 is 9.59 Å². The molecule has 4 aromatic rings. The first-order valence-corrected chi connectivity index (χ1v) is 9.58. The van der Waals surface area contributed by atoms with E-state index in [0.717, 1.165) is 11.1 Å². The molecular weight excluding hydrogens is 356 g/mol. The summed E-state index contributed by atoms with van der Waals surface area (Å²) in [5.41, 5.74) is 4.37. The Morgan fingerprint density at radius 3 is 1.31 bits per heavy atom. The zero-order valence-electron chi connectivity index (χ0n) is 15.9. The highest BCUT2D eigenvalue weighted by molar-refractivity contribution is 6.13. The van der Waals surface area contributed by atoms with Gasteiger partial charge in [-0.25, -0.2) is 0 Å². The summed E-state index contributed by atoms with van der Waals surface area (Å²) in [5, 5.41) is 0. The molecule has 4 aromatic carbocycles. The molecule has 0 saturated carbocycles. The number of hydrogen-bond donors (Lipinski definition) is 0. The molecular formula is C27H20O2. The van der Waals surface area contributed by atoms with E-state index in [0.29, 0.717) is 28.7 Å². The van der Waals surface area contributed by atoms with Gasteiger partial charge in [-0.15, -0.1) is 0 Å². The second-order valence-corrected chi connectivity index (χ2v) is 6.97. The molecule has 0 heterocycles. The van der Waals surface area contributed by atoms with Crippen LogP contribution in [0.15, 0.2) is 109 Å². The van der Waals surface area contributed by atoms with Crippen molar-refractivity contribution in [1.82, 2.24) is 0 Å². The standard InChI is InChI=1S/C27H20O2/c28-26(22-12-6-2-7-13-22)24-17-21(16-20-10-4-1-5-11-20)18-25(19-24)27(29)23-14-8-3-9-15-23/h1-15,17-19H,16H2. The Bertz CT molecular complexity index is 1060. The third kappa shape index (κ3) is 4.39. The van der Waals surface area contributed by atoms with E-state index in [1.165, 1.54) is 0 Å². The van der Waals surface area contributed by atoms with E-state index in [1.54, 1.807) is 30.3 Å². The number of benzene rings is 4. The maximum Gasteiger partial charge on any atom is 0.193 e. The van der Waals surface area contributed by atoms with E-state index in [1.807, 2.05) is 78.9 Å². The lowest BCUT2D eigenvalue weighted by atomic mass is 9.93. The molecule has 0 spiro atoms. The smallest absolute Gasteiger partial charge is 0.193 e. The molecule has 0 fully saturated rings. The van der Waals surface area contributed by atoms with Gasteiger partial charge in [-0.2, -0.15) is 0 Å². The fourth-order valence-electron chi connectivity index (χ4n) is 3.40. The fourth-order valence-corrected chi connectivity index (χ4v) is 3.40. The molecule has 0 bridgehead atoms. The van der Waals surface area contributed by atoms with Gasteiger partial charge in [-0.05, 0) is 35.7 Å². The summed E-state index contributed by atoms with van der Waals surface area (Å²) in [6.07, 6.45) is 0.659. The molecule has 2 heteroatoms. The summed E-state index contributed by atoms with van der Waals surface area (Å²) in [5.74, 6) is -0.162. The quantitative estimate of drug-likeness (QED) is 0.402. The summed E-state index contributed by atoms with van der Waals surface area (Å²) in [4.78, 5) is 26.1. The summed E-state index contributed by atoms with van der Waals surface area (Å²) >= 11 is 0. The Labute approximate surface area is 170 Å². The number of carbonyl (C=O) groups is 2. The molecule has 4 rings (SSSR count). The van der Waals surface area contributed by atoms with E-state index in [4.69, 9.17) is 0 Å². The fraction of sp³-hybridized carbons (Fsp3) is 0.0370. The van der Waals surface area contributed by atoms with Gasteiger partial charge in [0.1, 0.15) is 0 Å². The highest BCUT2D eigenvalue weighted by Gasteiger charge is 2.16.